The van der Waals surface area contributed by atoms with E-state index >= 15 is 0 Å². The summed E-state index contributed by atoms with van der Waals surface area (Å²) in [5.74, 6) is -0.00904. The average Bonchev–Trinajstić information content (AvgIpc) is 2.57. The summed E-state index contributed by atoms with van der Waals surface area (Å²) >= 11 is 0. The van der Waals surface area contributed by atoms with Crippen molar-refractivity contribution in [2.75, 3.05) is 18.8 Å². The summed E-state index contributed by atoms with van der Waals surface area (Å²) in [5.41, 5.74) is 6.81. The summed E-state index contributed by atoms with van der Waals surface area (Å²) in [6, 6.07) is 10.1. The van der Waals surface area contributed by atoms with Crippen LogP contribution in [-0.4, -0.2) is 34.9 Å². The van der Waals surface area contributed by atoms with Gasteiger partial charge in [-0.05, 0) is 37.6 Å². The average molecular weight is 328 g/mol. The van der Waals surface area contributed by atoms with Gasteiger partial charge in [0.2, 0.25) is 0 Å². The van der Waals surface area contributed by atoms with E-state index in [4.69, 9.17) is 5.73 Å². The van der Waals surface area contributed by atoms with Crippen LogP contribution in [0.5, 0.6) is 0 Å². The van der Waals surface area contributed by atoms with Gasteiger partial charge in [-0.2, -0.15) is 0 Å². The molecule has 6 heteroatoms. The Balaban J connectivity index is 1.59. The molecular formula is C18H21FN4O. The molecule has 0 aliphatic carbocycles. The molecule has 1 aliphatic rings. The molecule has 0 bridgehead atoms. The molecule has 0 radical (unpaired) electrons. The molecule has 1 unspecified atom stereocenters. The third kappa shape index (κ3) is 4.08. The van der Waals surface area contributed by atoms with Crippen LogP contribution in [0.15, 0.2) is 42.6 Å². The number of hydrogen-bond acceptors (Lipinski definition) is 4. The predicted molar refractivity (Wildman–Crippen MR) is 90.8 cm³/mol. The van der Waals surface area contributed by atoms with Crippen molar-refractivity contribution in [3.63, 3.8) is 0 Å². The highest BCUT2D eigenvalue weighted by molar-refractivity contribution is 5.94. The molecule has 3 rings (SSSR count). The van der Waals surface area contributed by atoms with Crippen LogP contribution in [0.2, 0.25) is 0 Å². The number of halogens is 1. The number of amides is 1. The Morgan fingerprint density at radius 2 is 2.21 bits per heavy atom. The second kappa shape index (κ2) is 7.40. The molecule has 2 heterocycles. The molecule has 1 aromatic heterocycles. The van der Waals surface area contributed by atoms with Gasteiger partial charge in [-0.1, -0.05) is 18.2 Å². The third-order valence-electron chi connectivity index (χ3n) is 4.24. The molecule has 5 nitrogen and oxygen atoms in total. The number of nitrogens with two attached hydrogens (primary N) is 1. The van der Waals surface area contributed by atoms with Crippen LogP contribution in [-0.2, 0) is 6.54 Å². The van der Waals surface area contributed by atoms with Gasteiger partial charge in [0.15, 0.2) is 0 Å². The number of anilines is 1. The molecule has 1 amide bonds. The van der Waals surface area contributed by atoms with Crippen molar-refractivity contribution in [1.82, 2.24) is 15.2 Å². The van der Waals surface area contributed by atoms with E-state index in [2.05, 4.69) is 15.2 Å². The topological polar surface area (TPSA) is 71.2 Å². The van der Waals surface area contributed by atoms with Gasteiger partial charge in [0.25, 0.3) is 5.91 Å². The molecule has 1 fully saturated rings. The maximum absolute atomic E-state index is 13.8. The lowest BCUT2D eigenvalue weighted by atomic mass is 10.0. The minimum absolute atomic E-state index is 0.0485. The summed E-state index contributed by atoms with van der Waals surface area (Å²) in [4.78, 5) is 18.4. The Bertz CT molecular complexity index is 722. The van der Waals surface area contributed by atoms with Crippen LogP contribution in [0.3, 0.4) is 0 Å². The van der Waals surface area contributed by atoms with E-state index in [-0.39, 0.29) is 17.8 Å². The smallest absolute Gasteiger partial charge is 0.251 e. The summed E-state index contributed by atoms with van der Waals surface area (Å²) in [6.07, 6.45) is 3.41. The summed E-state index contributed by atoms with van der Waals surface area (Å²) < 4.78 is 13.8. The van der Waals surface area contributed by atoms with E-state index in [1.165, 1.54) is 12.3 Å². The summed E-state index contributed by atoms with van der Waals surface area (Å²) in [6.45, 7) is 2.17. The summed E-state index contributed by atoms with van der Waals surface area (Å²) in [7, 11) is 0. The fourth-order valence-corrected chi connectivity index (χ4v) is 3.04. The lowest BCUT2D eigenvalue weighted by molar-refractivity contribution is 0.0900. The van der Waals surface area contributed by atoms with Crippen LogP contribution in [0.25, 0.3) is 0 Å². The fourth-order valence-electron chi connectivity index (χ4n) is 3.04. The van der Waals surface area contributed by atoms with E-state index < -0.39 is 0 Å². The number of piperidine rings is 1. The van der Waals surface area contributed by atoms with Crippen molar-refractivity contribution < 1.29 is 9.18 Å². The van der Waals surface area contributed by atoms with E-state index in [1.807, 2.05) is 6.07 Å². The zero-order valence-corrected chi connectivity index (χ0v) is 13.4. The first-order chi connectivity index (χ1) is 11.6. The highest BCUT2D eigenvalue weighted by Gasteiger charge is 2.22. The number of nitrogens with one attached hydrogen (secondary N) is 1. The minimum atomic E-state index is -0.184. The molecule has 0 spiro atoms. The van der Waals surface area contributed by atoms with Crippen molar-refractivity contribution in [3.8, 4) is 0 Å². The third-order valence-corrected chi connectivity index (χ3v) is 4.24. The van der Waals surface area contributed by atoms with Gasteiger partial charge in [0.1, 0.15) is 11.6 Å². The second-order valence-electron chi connectivity index (χ2n) is 6.11. The number of carbonyl (C=O) groups excluding carboxylic acids is 1. The van der Waals surface area contributed by atoms with E-state index in [1.54, 1.807) is 24.3 Å². The first-order valence-corrected chi connectivity index (χ1v) is 8.10. The Hall–Kier alpha value is -2.47. The monoisotopic (exact) mass is 328 g/mol. The molecule has 24 heavy (non-hydrogen) atoms. The van der Waals surface area contributed by atoms with Gasteiger partial charge in [-0.15, -0.1) is 0 Å². The second-order valence-corrected chi connectivity index (χ2v) is 6.11. The normalized spacial score (nSPS) is 18.3. The van der Waals surface area contributed by atoms with Gasteiger partial charge >= 0.3 is 0 Å². The summed E-state index contributed by atoms with van der Waals surface area (Å²) in [5, 5.41) is 3.04. The Morgan fingerprint density at radius 3 is 3.00 bits per heavy atom. The number of nitrogens with zero attached hydrogens (tertiary/aromatic N) is 2. The Kier molecular flexibility index (Phi) is 5.05. The first kappa shape index (κ1) is 16.4. The minimum Gasteiger partial charge on any atom is -0.384 e. The highest BCUT2D eigenvalue weighted by atomic mass is 19.1. The molecular weight excluding hydrogens is 307 g/mol. The molecule has 1 saturated heterocycles. The molecule has 126 valence electrons. The zero-order chi connectivity index (χ0) is 16.9. The lowest BCUT2D eigenvalue weighted by Crippen LogP contribution is -2.47. The maximum Gasteiger partial charge on any atom is 0.251 e. The van der Waals surface area contributed by atoms with Crippen molar-refractivity contribution in [1.29, 1.82) is 0 Å². The maximum atomic E-state index is 13.8. The fraction of sp³-hybridized carbons (Fsp3) is 0.333. The van der Waals surface area contributed by atoms with E-state index in [0.29, 0.717) is 30.0 Å². The predicted octanol–water partition coefficient (Wildman–Crippen LogP) is 2.20. The lowest BCUT2D eigenvalue weighted by Gasteiger charge is -2.33. The van der Waals surface area contributed by atoms with Crippen LogP contribution >= 0.6 is 0 Å². The molecule has 1 aliphatic heterocycles. The van der Waals surface area contributed by atoms with Crippen LogP contribution in [0.1, 0.15) is 28.8 Å². The number of pyridine rings is 1. The number of hydrogen-bond donors (Lipinski definition) is 2. The van der Waals surface area contributed by atoms with Crippen molar-refractivity contribution in [2.24, 2.45) is 0 Å². The number of likely N-dealkylation sites (tertiary alicyclic amines) is 1. The number of rotatable bonds is 4. The van der Waals surface area contributed by atoms with Crippen molar-refractivity contribution in [2.45, 2.75) is 25.4 Å². The Labute approximate surface area is 140 Å². The number of benzene rings is 1. The van der Waals surface area contributed by atoms with Crippen LogP contribution in [0.4, 0.5) is 10.2 Å². The van der Waals surface area contributed by atoms with Crippen molar-refractivity contribution in [3.05, 3.63) is 59.5 Å². The molecule has 1 atom stereocenters. The number of carbonyl (C=O) groups is 1. The SMILES string of the molecule is Nc1cc(C(=O)NC2CCCN(Cc3ccccc3F)C2)ccn1. The molecule has 1 aromatic carbocycles. The van der Waals surface area contributed by atoms with Crippen molar-refractivity contribution >= 4 is 11.7 Å². The standard InChI is InChI=1S/C18H21FN4O/c19-16-6-2-1-4-14(16)11-23-9-3-5-15(12-23)22-18(24)13-7-8-21-17(20)10-13/h1-2,4,6-8,10,15H,3,5,9,11-12H2,(H2,20,21)(H,22,24). The van der Waals surface area contributed by atoms with Gasteiger partial charge < -0.3 is 11.1 Å². The number of aromatic nitrogens is 1. The zero-order valence-electron chi connectivity index (χ0n) is 13.4. The molecule has 0 saturated carbocycles. The molecule has 2 aromatic rings. The van der Waals surface area contributed by atoms with Gasteiger partial charge in [0.05, 0.1) is 0 Å². The quantitative estimate of drug-likeness (QED) is 0.902. The van der Waals surface area contributed by atoms with E-state index in [0.717, 1.165) is 19.4 Å². The largest absolute Gasteiger partial charge is 0.384 e. The van der Waals surface area contributed by atoms with E-state index in [9.17, 15) is 9.18 Å². The number of nitrogen functional groups attached to an aromatic ring is 1. The van der Waals surface area contributed by atoms with Gasteiger partial charge in [0, 0.05) is 36.5 Å². The molecule has 3 N–H and O–H groups in total. The van der Waals surface area contributed by atoms with Gasteiger partial charge in [-0.25, -0.2) is 9.37 Å². The Morgan fingerprint density at radius 1 is 1.38 bits per heavy atom. The van der Waals surface area contributed by atoms with Crippen LogP contribution < -0.4 is 11.1 Å². The highest BCUT2D eigenvalue weighted by Crippen LogP contribution is 2.16. The van der Waals surface area contributed by atoms with Gasteiger partial charge in [-0.3, -0.25) is 9.69 Å². The van der Waals surface area contributed by atoms with Crippen LogP contribution in [0, 0.1) is 5.82 Å². The first-order valence-electron chi connectivity index (χ1n) is 8.10.